The Morgan fingerprint density at radius 3 is 2.66 bits per heavy atom. The minimum Gasteiger partial charge on any atom is -0.494 e. The average Bonchev–Trinajstić information content (AvgIpc) is 3.20. The summed E-state index contributed by atoms with van der Waals surface area (Å²) in [6, 6.07) is 13.7. The van der Waals surface area contributed by atoms with Crippen LogP contribution >= 0.6 is 11.3 Å². The summed E-state index contributed by atoms with van der Waals surface area (Å²) in [6.07, 6.45) is 1.10. The minimum absolute atomic E-state index is 0.0654. The number of carbonyl (C=O) groups is 2. The highest BCUT2D eigenvalue weighted by Gasteiger charge is 2.33. The van der Waals surface area contributed by atoms with Crippen LogP contribution in [-0.4, -0.2) is 56.0 Å². The summed E-state index contributed by atoms with van der Waals surface area (Å²) in [4.78, 5) is 30.2. The Bertz CT molecular complexity index is 1400. The Balaban J connectivity index is 1.65. The molecule has 0 bridgehead atoms. The van der Waals surface area contributed by atoms with Crippen LogP contribution in [0.4, 0.5) is 0 Å². The van der Waals surface area contributed by atoms with Gasteiger partial charge in [-0.2, -0.15) is 9.30 Å². The molecule has 1 aliphatic rings. The van der Waals surface area contributed by atoms with E-state index >= 15 is 0 Å². The number of carbonyl (C=O) groups excluding carboxylic acids is 2. The molecule has 186 valence electrons. The number of piperidine rings is 1. The standard InChI is InChI=1S/C24H27N3O6S2/c1-3-33-18-11-12-20-21(14-18)34-24(27(20)16-22(28)32-2)25-23(29)17-8-7-13-26(15-17)35(30,31)19-9-5-4-6-10-19/h4-6,9-12,14,17H,3,7-8,13,15-16H2,1-2H3. The van der Waals surface area contributed by atoms with Crippen LogP contribution < -0.4 is 9.54 Å². The third kappa shape index (κ3) is 5.47. The molecule has 1 aromatic heterocycles. The third-order valence-electron chi connectivity index (χ3n) is 5.80. The van der Waals surface area contributed by atoms with E-state index in [2.05, 4.69) is 4.99 Å². The van der Waals surface area contributed by atoms with E-state index in [0.29, 0.717) is 36.5 Å². The predicted molar refractivity (Wildman–Crippen MR) is 131 cm³/mol. The highest BCUT2D eigenvalue weighted by atomic mass is 32.2. The van der Waals surface area contributed by atoms with E-state index in [9.17, 15) is 18.0 Å². The molecule has 0 aliphatic carbocycles. The van der Waals surface area contributed by atoms with Crippen molar-refractivity contribution in [2.45, 2.75) is 31.2 Å². The van der Waals surface area contributed by atoms with Gasteiger partial charge in [-0.05, 0) is 50.1 Å². The van der Waals surface area contributed by atoms with Gasteiger partial charge in [-0.1, -0.05) is 29.5 Å². The number of methoxy groups -OCH3 is 1. The fourth-order valence-electron chi connectivity index (χ4n) is 4.03. The number of ether oxygens (including phenoxy) is 2. The zero-order valence-electron chi connectivity index (χ0n) is 19.5. The smallest absolute Gasteiger partial charge is 0.325 e. The number of aromatic nitrogens is 1. The van der Waals surface area contributed by atoms with Crippen molar-refractivity contribution >= 4 is 43.5 Å². The number of rotatable bonds is 7. The van der Waals surface area contributed by atoms with Crippen molar-refractivity contribution in [1.29, 1.82) is 0 Å². The number of esters is 1. The number of hydrogen-bond donors (Lipinski definition) is 0. The van der Waals surface area contributed by atoms with E-state index in [1.165, 1.54) is 22.8 Å². The van der Waals surface area contributed by atoms with Crippen molar-refractivity contribution in [3.8, 4) is 5.75 Å². The number of fused-ring (bicyclic) bond motifs is 1. The molecule has 0 N–H and O–H groups in total. The average molecular weight is 518 g/mol. The summed E-state index contributed by atoms with van der Waals surface area (Å²) in [5.74, 6) is -0.769. The second kappa shape index (κ2) is 10.7. The summed E-state index contributed by atoms with van der Waals surface area (Å²) >= 11 is 1.27. The maximum Gasteiger partial charge on any atom is 0.325 e. The molecule has 1 amide bonds. The zero-order valence-corrected chi connectivity index (χ0v) is 21.2. The minimum atomic E-state index is -3.70. The molecule has 0 saturated carbocycles. The molecule has 4 rings (SSSR count). The molecule has 1 fully saturated rings. The van der Waals surface area contributed by atoms with Gasteiger partial charge < -0.3 is 14.0 Å². The lowest BCUT2D eigenvalue weighted by Gasteiger charge is -2.30. The molecule has 11 heteroatoms. The first kappa shape index (κ1) is 25.1. The summed E-state index contributed by atoms with van der Waals surface area (Å²) in [5, 5.41) is 0. The van der Waals surface area contributed by atoms with Crippen LogP contribution in [0.1, 0.15) is 19.8 Å². The fraction of sp³-hybridized carbons (Fsp3) is 0.375. The molecule has 3 aromatic rings. The number of nitrogens with zero attached hydrogens (tertiary/aromatic N) is 3. The van der Waals surface area contributed by atoms with Crippen molar-refractivity contribution in [2.75, 3.05) is 26.8 Å². The van der Waals surface area contributed by atoms with Crippen LogP contribution in [0.3, 0.4) is 0 Å². The van der Waals surface area contributed by atoms with Gasteiger partial charge in [0, 0.05) is 13.1 Å². The summed E-state index contributed by atoms with van der Waals surface area (Å²) in [5.41, 5.74) is 0.729. The maximum atomic E-state index is 13.2. The topological polar surface area (TPSA) is 107 Å². The van der Waals surface area contributed by atoms with Crippen molar-refractivity contribution in [3.05, 3.63) is 53.3 Å². The van der Waals surface area contributed by atoms with Gasteiger partial charge in [0.1, 0.15) is 12.3 Å². The number of thiazole rings is 1. The first-order valence-corrected chi connectivity index (χ1v) is 13.6. The SMILES string of the molecule is CCOc1ccc2c(c1)sc(=NC(=O)C1CCCN(S(=O)(=O)c3ccccc3)C1)n2CC(=O)OC. The summed E-state index contributed by atoms with van der Waals surface area (Å²) < 4.78 is 40.3. The van der Waals surface area contributed by atoms with E-state index in [-0.39, 0.29) is 18.0 Å². The highest BCUT2D eigenvalue weighted by Crippen LogP contribution is 2.26. The lowest BCUT2D eigenvalue weighted by Crippen LogP contribution is -2.42. The van der Waals surface area contributed by atoms with Gasteiger partial charge in [0.15, 0.2) is 4.80 Å². The van der Waals surface area contributed by atoms with Gasteiger partial charge in [-0.15, -0.1) is 0 Å². The normalized spacial score (nSPS) is 17.4. The van der Waals surface area contributed by atoms with Crippen LogP contribution in [0.25, 0.3) is 10.2 Å². The molecular weight excluding hydrogens is 490 g/mol. The number of amides is 1. The van der Waals surface area contributed by atoms with Crippen LogP contribution in [0.2, 0.25) is 0 Å². The van der Waals surface area contributed by atoms with Gasteiger partial charge in [0.2, 0.25) is 10.0 Å². The Labute approximate surface area is 207 Å². The van der Waals surface area contributed by atoms with Crippen molar-refractivity contribution in [3.63, 3.8) is 0 Å². The molecule has 2 aromatic carbocycles. The Kier molecular flexibility index (Phi) is 7.68. The lowest BCUT2D eigenvalue weighted by atomic mass is 9.99. The molecule has 1 aliphatic heterocycles. The van der Waals surface area contributed by atoms with Gasteiger partial charge in [0.05, 0.1) is 34.7 Å². The van der Waals surface area contributed by atoms with Gasteiger partial charge in [-0.3, -0.25) is 9.59 Å². The largest absolute Gasteiger partial charge is 0.494 e. The van der Waals surface area contributed by atoms with Gasteiger partial charge in [0.25, 0.3) is 5.91 Å². The van der Waals surface area contributed by atoms with Crippen molar-refractivity contribution in [2.24, 2.45) is 10.9 Å². The number of benzene rings is 2. The monoisotopic (exact) mass is 517 g/mol. The second-order valence-electron chi connectivity index (χ2n) is 8.07. The lowest BCUT2D eigenvalue weighted by molar-refractivity contribution is -0.141. The molecule has 35 heavy (non-hydrogen) atoms. The molecule has 2 heterocycles. The predicted octanol–water partition coefficient (Wildman–Crippen LogP) is 2.80. The van der Waals surface area contributed by atoms with Crippen LogP contribution in [0.5, 0.6) is 5.75 Å². The molecule has 0 spiro atoms. The molecule has 1 unspecified atom stereocenters. The van der Waals surface area contributed by atoms with Crippen LogP contribution in [-0.2, 0) is 30.9 Å². The first-order chi connectivity index (χ1) is 16.8. The van der Waals surface area contributed by atoms with E-state index < -0.39 is 27.8 Å². The Morgan fingerprint density at radius 2 is 1.94 bits per heavy atom. The number of sulfonamides is 1. The zero-order chi connectivity index (χ0) is 25.0. The maximum absolute atomic E-state index is 13.2. The molecule has 0 radical (unpaired) electrons. The number of hydrogen-bond acceptors (Lipinski definition) is 7. The van der Waals surface area contributed by atoms with Crippen LogP contribution in [0, 0.1) is 5.92 Å². The molecule has 9 nitrogen and oxygen atoms in total. The second-order valence-corrected chi connectivity index (χ2v) is 11.0. The molecule has 1 saturated heterocycles. The van der Waals surface area contributed by atoms with Crippen LogP contribution in [0.15, 0.2) is 58.4 Å². The van der Waals surface area contributed by atoms with Gasteiger partial charge in [-0.25, -0.2) is 8.42 Å². The fourth-order valence-corrected chi connectivity index (χ4v) is 6.64. The van der Waals surface area contributed by atoms with Crippen molar-refractivity contribution in [1.82, 2.24) is 8.87 Å². The van der Waals surface area contributed by atoms with Gasteiger partial charge >= 0.3 is 5.97 Å². The third-order valence-corrected chi connectivity index (χ3v) is 8.72. The summed E-state index contributed by atoms with van der Waals surface area (Å²) in [6.45, 7) is 2.72. The van der Waals surface area contributed by atoms with Crippen molar-refractivity contribution < 1.29 is 27.5 Å². The van der Waals surface area contributed by atoms with E-state index in [4.69, 9.17) is 9.47 Å². The Hall–Kier alpha value is -3.02. The molecular formula is C24H27N3O6S2. The quantitative estimate of drug-likeness (QED) is 0.446. The van der Waals surface area contributed by atoms with E-state index in [0.717, 1.165) is 10.2 Å². The Morgan fingerprint density at radius 1 is 1.17 bits per heavy atom. The highest BCUT2D eigenvalue weighted by molar-refractivity contribution is 7.89. The van der Waals surface area contributed by atoms with E-state index in [1.807, 2.05) is 19.1 Å². The first-order valence-electron chi connectivity index (χ1n) is 11.3. The summed E-state index contributed by atoms with van der Waals surface area (Å²) in [7, 11) is -2.40. The molecule has 1 atom stereocenters. The van der Waals surface area contributed by atoms with E-state index in [1.54, 1.807) is 41.0 Å².